The first-order chi connectivity index (χ1) is 20.1. The predicted octanol–water partition coefficient (Wildman–Crippen LogP) is 2.55. The second kappa shape index (κ2) is 11.9. The number of benzene rings is 2. The van der Waals surface area contributed by atoms with Gasteiger partial charge in [-0.1, -0.05) is 18.2 Å². The Hall–Kier alpha value is -4.34. The molecule has 0 atom stereocenters. The average Bonchev–Trinajstić information content (AvgIpc) is 3.35. The van der Waals surface area contributed by atoms with Gasteiger partial charge in [0.15, 0.2) is 5.82 Å². The summed E-state index contributed by atoms with van der Waals surface area (Å²) in [4.78, 5) is 41.8. The Morgan fingerprint density at radius 3 is 2.45 bits per heavy atom. The van der Waals surface area contributed by atoms with E-state index in [1.165, 1.54) is 28.6 Å². The normalized spacial score (nSPS) is 16.1. The minimum Gasteiger partial charge on any atom is -0.448 e. The number of nitro benzene ring substituents is 1. The smallest absolute Gasteiger partial charge is 0.434 e. The van der Waals surface area contributed by atoms with Crippen LogP contribution in [0.2, 0.25) is 0 Å². The first-order valence-corrected chi connectivity index (χ1v) is 14.9. The molecule has 0 spiro atoms. The number of nitrogens with zero attached hydrogens (tertiary/aromatic N) is 6. The Morgan fingerprint density at radius 2 is 1.79 bits per heavy atom. The highest BCUT2D eigenvalue weighted by Crippen LogP contribution is 2.32. The molecule has 1 saturated heterocycles. The van der Waals surface area contributed by atoms with Crippen LogP contribution in [0.4, 0.5) is 22.0 Å². The van der Waals surface area contributed by atoms with Gasteiger partial charge in [0.2, 0.25) is 10.0 Å². The van der Waals surface area contributed by atoms with E-state index in [4.69, 9.17) is 4.74 Å². The third-order valence-electron chi connectivity index (χ3n) is 7.37. The molecular weight excluding hydrogens is 566 g/mol. The quantitative estimate of drug-likeness (QED) is 0.317. The number of amides is 1. The zero-order chi connectivity index (χ0) is 30.0. The van der Waals surface area contributed by atoms with Crippen molar-refractivity contribution in [3.05, 3.63) is 75.5 Å². The molecule has 0 bridgehead atoms. The summed E-state index contributed by atoms with van der Waals surface area (Å²) in [7, 11) is -1.88. The number of carbonyl (C=O) groups is 2. The highest BCUT2D eigenvalue weighted by molar-refractivity contribution is 7.89. The molecule has 15 heteroatoms. The van der Waals surface area contributed by atoms with Crippen molar-refractivity contribution in [2.24, 2.45) is 0 Å². The van der Waals surface area contributed by atoms with Crippen molar-refractivity contribution in [1.29, 1.82) is 0 Å². The predicted molar refractivity (Wildman–Crippen MR) is 153 cm³/mol. The van der Waals surface area contributed by atoms with Crippen LogP contribution >= 0.6 is 0 Å². The minimum absolute atomic E-state index is 0.0714. The summed E-state index contributed by atoms with van der Waals surface area (Å²) in [5, 5.41) is 18.8. The lowest BCUT2D eigenvalue weighted by Crippen LogP contribution is -2.44. The van der Waals surface area contributed by atoms with Crippen molar-refractivity contribution in [1.82, 2.24) is 19.0 Å². The molecule has 42 heavy (non-hydrogen) atoms. The van der Waals surface area contributed by atoms with Gasteiger partial charge in [0.05, 0.1) is 22.1 Å². The molecule has 2 aliphatic heterocycles. The maximum Gasteiger partial charge on any atom is 0.434 e. The number of aromatic nitrogens is 2. The first kappa shape index (κ1) is 29.2. The summed E-state index contributed by atoms with van der Waals surface area (Å²) in [6.07, 6.45) is -0.653. The van der Waals surface area contributed by atoms with Gasteiger partial charge in [0.25, 0.3) is 11.6 Å². The van der Waals surface area contributed by atoms with Gasteiger partial charge >= 0.3 is 6.09 Å². The number of likely N-dealkylation sites (N-methyl/N-ethyl adjacent to an activating group) is 1. The first-order valence-electron chi connectivity index (χ1n) is 13.5. The zero-order valence-corrected chi connectivity index (χ0v) is 24.0. The molecule has 14 nitrogen and oxygen atoms in total. The summed E-state index contributed by atoms with van der Waals surface area (Å²) >= 11 is 0. The van der Waals surface area contributed by atoms with Gasteiger partial charge < -0.3 is 19.9 Å². The summed E-state index contributed by atoms with van der Waals surface area (Å²) in [6.45, 7) is 4.61. The minimum atomic E-state index is -3.89. The number of fused-ring (bicyclic) bond motifs is 1. The van der Waals surface area contributed by atoms with Crippen LogP contribution in [0.5, 0.6) is 0 Å². The number of carbonyl (C=O) groups excluding carboxylic acids is 2. The van der Waals surface area contributed by atoms with Crippen LogP contribution in [-0.2, 0) is 27.7 Å². The molecule has 3 aromatic rings. The molecule has 0 saturated carbocycles. The van der Waals surface area contributed by atoms with Gasteiger partial charge in [-0.25, -0.2) is 13.2 Å². The number of rotatable bonds is 7. The highest BCUT2D eigenvalue weighted by atomic mass is 32.2. The molecule has 0 aliphatic carbocycles. The van der Waals surface area contributed by atoms with Crippen LogP contribution in [0.3, 0.4) is 0 Å². The van der Waals surface area contributed by atoms with E-state index in [1.54, 1.807) is 31.2 Å². The Kier molecular flexibility index (Phi) is 8.24. The fourth-order valence-electron chi connectivity index (χ4n) is 5.08. The number of hydrogen-bond acceptors (Lipinski definition) is 10. The molecule has 0 unspecified atom stereocenters. The maximum atomic E-state index is 13.4. The zero-order valence-electron chi connectivity index (χ0n) is 23.2. The number of ether oxygens (including phenoxy) is 1. The standard InChI is InChI=1S/C27H31N7O7S/c1-3-41-27(36)33-23-11-12-32(42(39,40)20-7-5-4-6-8-20)18-22(23)25(29-33)28-26(35)21-10-9-19(17-24(21)34(37)38)31-15-13-30(2)14-16-31/h4-10,17H,3,11-16,18H2,1-2H3,(H,28,29,35). The SMILES string of the molecule is CCOC(=O)n1nc(NC(=O)c2ccc(N3CCN(C)CC3)cc2[N+](=O)[O-])c2c1CCN(S(=O)(=O)c1ccccc1)C2. The van der Waals surface area contributed by atoms with E-state index in [9.17, 15) is 28.1 Å². The molecular formula is C27H31N7O7S. The third kappa shape index (κ3) is 5.70. The van der Waals surface area contributed by atoms with E-state index in [0.29, 0.717) is 30.0 Å². The molecule has 2 aliphatic rings. The van der Waals surface area contributed by atoms with Crippen LogP contribution in [0, 0.1) is 10.1 Å². The van der Waals surface area contributed by atoms with Crippen molar-refractivity contribution in [2.75, 3.05) is 56.6 Å². The van der Waals surface area contributed by atoms with E-state index in [1.807, 2.05) is 11.9 Å². The molecule has 0 radical (unpaired) electrons. The van der Waals surface area contributed by atoms with E-state index in [-0.39, 0.29) is 48.1 Å². The van der Waals surface area contributed by atoms with Crippen LogP contribution in [0.15, 0.2) is 53.4 Å². The fourth-order valence-corrected chi connectivity index (χ4v) is 6.51. The summed E-state index contributed by atoms with van der Waals surface area (Å²) in [6, 6.07) is 12.3. The molecule has 1 fully saturated rings. The van der Waals surface area contributed by atoms with Gasteiger partial charge in [-0.05, 0) is 38.2 Å². The van der Waals surface area contributed by atoms with Crippen LogP contribution in [0.25, 0.3) is 0 Å². The fraction of sp³-hybridized carbons (Fsp3) is 0.370. The van der Waals surface area contributed by atoms with Gasteiger partial charge in [0, 0.05) is 63.0 Å². The molecule has 222 valence electrons. The van der Waals surface area contributed by atoms with Gasteiger partial charge in [0.1, 0.15) is 5.56 Å². The van der Waals surface area contributed by atoms with Crippen molar-refractivity contribution in [3.63, 3.8) is 0 Å². The number of anilines is 2. The summed E-state index contributed by atoms with van der Waals surface area (Å²) in [5.41, 5.74) is 0.761. The molecule has 5 rings (SSSR count). The largest absolute Gasteiger partial charge is 0.448 e. The van der Waals surface area contributed by atoms with Gasteiger partial charge in [-0.3, -0.25) is 14.9 Å². The van der Waals surface area contributed by atoms with Gasteiger partial charge in [-0.2, -0.15) is 8.99 Å². The lowest BCUT2D eigenvalue weighted by atomic mass is 10.1. The average molecular weight is 598 g/mol. The van der Waals surface area contributed by atoms with Crippen molar-refractivity contribution in [2.45, 2.75) is 24.8 Å². The van der Waals surface area contributed by atoms with Crippen LogP contribution in [0.1, 0.15) is 28.5 Å². The van der Waals surface area contributed by atoms with Crippen molar-refractivity contribution >= 4 is 39.2 Å². The second-order valence-corrected chi connectivity index (χ2v) is 11.9. The Balaban J connectivity index is 1.47. The van der Waals surface area contributed by atoms with E-state index in [2.05, 4.69) is 15.3 Å². The van der Waals surface area contributed by atoms with E-state index < -0.39 is 26.9 Å². The third-order valence-corrected chi connectivity index (χ3v) is 9.23. The summed E-state index contributed by atoms with van der Waals surface area (Å²) < 4.78 is 34.0. The van der Waals surface area contributed by atoms with Crippen LogP contribution < -0.4 is 10.2 Å². The molecule has 1 N–H and O–H groups in total. The molecule has 1 amide bonds. The maximum absolute atomic E-state index is 13.4. The number of piperazine rings is 1. The number of nitrogens with one attached hydrogen (secondary N) is 1. The van der Waals surface area contributed by atoms with E-state index in [0.717, 1.165) is 17.8 Å². The monoisotopic (exact) mass is 597 g/mol. The summed E-state index contributed by atoms with van der Waals surface area (Å²) in [5.74, 6) is -0.889. The lowest BCUT2D eigenvalue weighted by molar-refractivity contribution is -0.385. The Morgan fingerprint density at radius 1 is 1.07 bits per heavy atom. The Bertz CT molecular complexity index is 1620. The molecule has 1 aromatic heterocycles. The number of sulfonamides is 1. The van der Waals surface area contributed by atoms with Crippen LogP contribution in [-0.4, -0.2) is 90.7 Å². The van der Waals surface area contributed by atoms with Crippen molar-refractivity contribution < 1.29 is 27.7 Å². The topological polar surface area (TPSA) is 160 Å². The highest BCUT2D eigenvalue weighted by Gasteiger charge is 2.35. The Labute approximate surface area is 242 Å². The molecule has 3 heterocycles. The molecule has 2 aromatic carbocycles. The number of nitro groups is 1. The van der Waals surface area contributed by atoms with E-state index >= 15 is 0 Å². The van der Waals surface area contributed by atoms with Gasteiger partial charge in [-0.15, -0.1) is 5.10 Å². The number of hydrogen-bond donors (Lipinski definition) is 1. The second-order valence-electron chi connectivity index (χ2n) is 9.99. The lowest BCUT2D eigenvalue weighted by Gasteiger charge is -2.34. The van der Waals surface area contributed by atoms with Crippen molar-refractivity contribution in [3.8, 4) is 0 Å².